The summed E-state index contributed by atoms with van der Waals surface area (Å²) in [5.41, 5.74) is 3.53. The summed E-state index contributed by atoms with van der Waals surface area (Å²) in [6, 6.07) is 10.5. The van der Waals surface area contributed by atoms with Crippen molar-refractivity contribution in [3.63, 3.8) is 0 Å². The Morgan fingerprint density at radius 3 is 2.61 bits per heavy atom. The van der Waals surface area contributed by atoms with Crippen molar-refractivity contribution in [1.29, 1.82) is 0 Å². The fourth-order valence-electron chi connectivity index (χ4n) is 1.78. The highest BCUT2D eigenvalue weighted by Crippen LogP contribution is 2.36. The average molecular weight is 258 g/mol. The first kappa shape index (κ1) is 13.0. The number of imidazole rings is 1. The van der Waals surface area contributed by atoms with Crippen LogP contribution in [0.25, 0.3) is 0 Å². The number of nitrogens with zero attached hydrogens (tertiary/aromatic N) is 1. The Balaban J connectivity index is 2.19. The topological polar surface area (TPSA) is 28.7 Å². The fourth-order valence-corrected chi connectivity index (χ4v) is 2.97. The van der Waals surface area contributed by atoms with Gasteiger partial charge in [0.1, 0.15) is 0 Å². The maximum atomic E-state index is 4.53. The predicted octanol–water partition coefficient (Wildman–Crippen LogP) is 4.44. The van der Waals surface area contributed by atoms with Gasteiger partial charge in [0, 0.05) is 10.9 Å². The third-order valence-electron chi connectivity index (χ3n) is 2.91. The number of aromatic nitrogens is 2. The second-order valence-corrected chi connectivity index (χ2v) is 5.49. The fraction of sp³-hybridized carbons (Fsp3) is 0.267. The molecule has 1 aromatic heterocycles. The third kappa shape index (κ3) is 3.05. The van der Waals surface area contributed by atoms with Crippen LogP contribution < -0.4 is 0 Å². The maximum Gasteiger partial charge on any atom is 0.166 e. The number of H-pyrrole nitrogens is 1. The molecule has 0 saturated heterocycles. The van der Waals surface area contributed by atoms with E-state index in [4.69, 9.17) is 0 Å². The van der Waals surface area contributed by atoms with Crippen molar-refractivity contribution in [1.82, 2.24) is 9.97 Å². The van der Waals surface area contributed by atoms with Crippen LogP contribution in [0.2, 0.25) is 0 Å². The predicted molar refractivity (Wildman–Crippen MR) is 77.9 cm³/mol. The number of hydrogen-bond donors (Lipinski definition) is 1. The zero-order chi connectivity index (χ0) is 13.0. The number of benzene rings is 1. The molecular weight excluding hydrogens is 240 g/mol. The van der Waals surface area contributed by atoms with E-state index in [9.17, 15) is 0 Å². The zero-order valence-corrected chi connectivity index (χ0v) is 11.6. The van der Waals surface area contributed by atoms with Crippen LogP contribution >= 0.6 is 11.8 Å². The van der Waals surface area contributed by atoms with Crippen molar-refractivity contribution >= 4 is 11.8 Å². The van der Waals surface area contributed by atoms with Gasteiger partial charge in [0.15, 0.2) is 5.16 Å². The second-order valence-electron chi connectivity index (χ2n) is 4.29. The molecule has 0 radical (unpaired) electrons. The van der Waals surface area contributed by atoms with Crippen molar-refractivity contribution in [2.24, 2.45) is 0 Å². The van der Waals surface area contributed by atoms with E-state index < -0.39 is 0 Å². The Bertz CT molecular complexity index is 497. The first-order valence-corrected chi connectivity index (χ1v) is 6.94. The number of thioether (sulfide) groups is 1. The first-order chi connectivity index (χ1) is 8.70. The molecule has 2 aromatic rings. The van der Waals surface area contributed by atoms with E-state index in [1.165, 1.54) is 5.56 Å². The molecule has 2 nitrogen and oxygen atoms in total. The molecule has 0 aliphatic heterocycles. The highest BCUT2D eigenvalue weighted by Gasteiger charge is 2.14. The standard InChI is InChI=1S/C15H18N2S/c1-4-8-14(13-9-6-5-7-10-13)18-15-16-11(2)12(3)17-15/h4-7,9-10,14H,1,8H2,2-3H3,(H,16,17). The van der Waals surface area contributed by atoms with Crippen LogP contribution in [0.4, 0.5) is 0 Å². The van der Waals surface area contributed by atoms with E-state index in [2.05, 4.69) is 47.7 Å². The van der Waals surface area contributed by atoms with Gasteiger partial charge in [-0.05, 0) is 25.8 Å². The summed E-state index contributed by atoms with van der Waals surface area (Å²) in [7, 11) is 0. The third-order valence-corrected chi connectivity index (χ3v) is 4.08. The average Bonchev–Trinajstić information content (AvgIpc) is 2.69. The molecule has 18 heavy (non-hydrogen) atoms. The molecule has 1 N–H and O–H groups in total. The number of nitrogens with one attached hydrogen (secondary N) is 1. The van der Waals surface area contributed by atoms with Crippen molar-refractivity contribution in [3.8, 4) is 0 Å². The van der Waals surface area contributed by atoms with Crippen molar-refractivity contribution in [3.05, 3.63) is 59.9 Å². The summed E-state index contributed by atoms with van der Waals surface area (Å²) in [6.07, 6.45) is 2.90. The van der Waals surface area contributed by atoms with Crippen molar-refractivity contribution in [2.45, 2.75) is 30.7 Å². The molecule has 0 saturated carbocycles. The Morgan fingerprint density at radius 1 is 1.33 bits per heavy atom. The van der Waals surface area contributed by atoms with E-state index in [1.54, 1.807) is 11.8 Å². The Labute approximate surface area is 113 Å². The lowest BCUT2D eigenvalue weighted by Crippen LogP contribution is -1.93. The van der Waals surface area contributed by atoms with Crippen LogP contribution in [-0.4, -0.2) is 9.97 Å². The minimum atomic E-state index is 0.369. The van der Waals surface area contributed by atoms with E-state index in [0.717, 1.165) is 23.0 Å². The minimum absolute atomic E-state index is 0.369. The van der Waals surface area contributed by atoms with E-state index in [1.807, 2.05) is 19.1 Å². The Kier molecular flexibility index (Phi) is 4.26. The van der Waals surface area contributed by atoms with Gasteiger partial charge in [-0.1, -0.05) is 48.2 Å². The molecule has 1 heterocycles. The zero-order valence-electron chi connectivity index (χ0n) is 10.8. The number of rotatable bonds is 5. The van der Waals surface area contributed by atoms with Gasteiger partial charge in [-0.15, -0.1) is 6.58 Å². The van der Waals surface area contributed by atoms with Gasteiger partial charge in [-0.2, -0.15) is 0 Å². The summed E-state index contributed by atoms with van der Waals surface area (Å²) >= 11 is 1.76. The van der Waals surface area contributed by atoms with Gasteiger partial charge in [0.2, 0.25) is 0 Å². The molecule has 1 atom stereocenters. The minimum Gasteiger partial charge on any atom is -0.337 e. The summed E-state index contributed by atoms with van der Waals surface area (Å²) < 4.78 is 0. The van der Waals surface area contributed by atoms with Gasteiger partial charge in [-0.25, -0.2) is 4.98 Å². The van der Waals surface area contributed by atoms with Gasteiger partial charge >= 0.3 is 0 Å². The lowest BCUT2D eigenvalue weighted by Gasteiger charge is -2.13. The SMILES string of the molecule is C=CCC(Sc1nc(C)c(C)[nH]1)c1ccccc1. The summed E-state index contributed by atoms with van der Waals surface area (Å²) in [5.74, 6) is 0. The molecule has 2 rings (SSSR count). The van der Waals surface area contributed by atoms with Gasteiger partial charge in [-0.3, -0.25) is 0 Å². The van der Waals surface area contributed by atoms with Crippen LogP contribution in [0.3, 0.4) is 0 Å². The van der Waals surface area contributed by atoms with Crippen molar-refractivity contribution < 1.29 is 0 Å². The summed E-state index contributed by atoms with van der Waals surface area (Å²) in [4.78, 5) is 7.85. The Morgan fingerprint density at radius 2 is 2.06 bits per heavy atom. The molecule has 1 aromatic carbocycles. The highest BCUT2D eigenvalue weighted by molar-refractivity contribution is 7.99. The molecule has 3 heteroatoms. The molecular formula is C15H18N2S. The molecule has 0 aliphatic rings. The normalized spacial score (nSPS) is 12.3. The molecule has 94 valence electrons. The molecule has 0 fully saturated rings. The quantitative estimate of drug-likeness (QED) is 0.634. The highest BCUT2D eigenvalue weighted by atomic mass is 32.2. The molecule has 0 aliphatic carbocycles. The maximum absolute atomic E-state index is 4.53. The second kappa shape index (κ2) is 5.91. The molecule has 0 spiro atoms. The van der Waals surface area contributed by atoms with Crippen LogP contribution in [0.15, 0.2) is 48.1 Å². The van der Waals surface area contributed by atoms with Crippen molar-refractivity contribution in [2.75, 3.05) is 0 Å². The Hall–Kier alpha value is -1.48. The summed E-state index contributed by atoms with van der Waals surface area (Å²) in [6.45, 7) is 7.93. The molecule has 0 bridgehead atoms. The van der Waals surface area contributed by atoms with Crippen LogP contribution in [-0.2, 0) is 0 Å². The first-order valence-electron chi connectivity index (χ1n) is 6.06. The van der Waals surface area contributed by atoms with E-state index in [-0.39, 0.29) is 0 Å². The number of hydrogen-bond acceptors (Lipinski definition) is 2. The molecule has 0 amide bonds. The van der Waals surface area contributed by atoms with Gasteiger partial charge < -0.3 is 4.98 Å². The lowest BCUT2D eigenvalue weighted by atomic mass is 10.1. The van der Waals surface area contributed by atoms with E-state index >= 15 is 0 Å². The van der Waals surface area contributed by atoms with Crippen LogP contribution in [0, 0.1) is 13.8 Å². The largest absolute Gasteiger partial charge is 0.337 e. The molecule has 1 unspecified atom stereocenters. The van der Waals surface area contributed by atoms with Crippen LogP contribution in [0.1, 0.15) is 28.6 Å². The number of aromatic amines is 1. The monoisotopic (exact) mass is 258 g/mol. The van der Waals surface area contributed by atoms with E-state index in [0.29, 0.717) is 5.25 Å². The summed E-state index contributed by atoms with van der Waals surface area (Å²) in [5, 5.41) is 1.36. The number of allylic oxidation sites excluding steroid dienone is 1. The van der Waals surface area contributed by atoms with Crippen LogP contribution in [0.5, 0.6) is 0 Å². The smallest absolute Gasteiger partial charge is 0.166 e. The van der Waals surface area contributed by atoms with Gasteiger partial charge in [0.25, 0.3) is 0 Å². The lowest BCUT2D eigenvalue weighted by molar-refractivity contribution is 0.945. The number of aryl methyl sites for hydroxylation is 2. The van der Waals surface area contributed by atoms with Gasteiger partial charge in [0.05, 0.1) is 5.69 Å².